The molecule has 0 unspecified atom stereocenters. The molecule has 1 heterocycles. The van der Waals surface area contributed by atoms with E-state index in [-0.39, 0.29) is 24.1 Å². The third-order valence-corrected chi connectivity index (χ3v) is 3.37. The zero-order chi connectivity index (χ0) is 15.2. The maximum Gasteiger partial charge on any atom is 0.335 e. The van der Waals surface area contributed by atoms with Crippen molar-refractivity contribution in [3.8, 4) is 5.75 Å². The Labute approximate surface area is 123 Å². The fourth-order valence-electron chi connectivity index (χ4n) is 2.20. The van der Waals surface area contributed by atoms with Crippen LogP contribution in [0.2, 0.25) is 0 Å². The van der Waals surface area contributed by atoms with Crippen LogP contribution in [0, 0.1) is 6.92 Å². The van der Waals surface area contributed by atoms with Gasteiger partial charge >= 0.3 is 5.97 Å². The van der Waals surface area contributed by atoms with Crippen LogP contribution in [-0.2, 0) is 9.53 Å². The van der Waals surface area contributed by atoms with Crippen molar-refractivity contribution in [3.05, 3.63) is 29.3 Å². The van der Waals surface area contributed by atoms with E-state index >= 15 is 0 Å². The Balaban J connectivity index is 1.84. The summed E-state index contributed by atoms with van der Waals surface area (Å²) in [6.07, 6.45) is 1.64. The normalized spacial score (nSPS) is 15.5. The second-order valence-electron chi connectivity index (χ2n) is 5.03. The second-order valence-corrected chi connectivity index (χ2v) is 5.03. The molecule has 2 N–H and O–H groups in total. The molecule has 1 saturated heterocycles. The van der Waals surface area contributed by atoms with Gasteiger partial charge in [-0.2, -0.15) is 0 Å². The number of rotatable bonds is 5. The van der Waals surface area contributed by atoms with Gasteiger partial charge in [-0.1, -0.05) is 0 Å². The van der Waals surface area contributed by atoms with Crippen molar-refractivity contribution in [1.82, 2.24) is 5.32 Å². The average Bonchev–Trinajstić information content (AvgIpc) is 2.47. The van der Waals surface area contributed by atoms with Gasteiger partial charge in [-0.05, 0) is 43.5 Å². The summed E-state index contributed by atoms with van der Waals surface area (Å²) in [4.78, 5) is 22.6. The van der Waals surface area contributed by atoms with Crippen molar-refractivity contribution in [2.24, 2.45) is 0 Å². The van der Waals surface area contributed by atoms with Gasteiger partial charge in [0.1, 0.15) is 5.75 Å². The third-order valence-electron chi connectivity index (χ3n) is 3.37. The molecule has 21 heavy (non-hydrogen) atoms. The van der Waals surface area contributed by atoms with Crippen LogP contribution in [0.3, 0.4) is 0 Å². The van der Waals surface area contributed by atoms with Gasteiger partial charge in [0.2, 0.25) is 0 Å². The Hall–Kier alpha value is -2.08. The molecule has 6 heteroatoms. The largest absolute Gasteiger partial charge is 0.484 e. The summed E-state index contributed by atoms with van der Waals surface area (Å²) < 4.78 is 10.7. The molecule has 2 rings (SSSR count). The second kappa shape index (κ2) is 7.08. The number of nitrogens with one attached hydrogen (secondary N) is 1. The number of carbonyl (C=O) groups is 2. The number of benzene rings is 1. The van der Waals surface area contributed by atoms with Gasteiger partial charge in [-0.3, -0.25) is 4.79 Å². The molecule has 1 aromatic rings. The molecule has 6 nitrogen and oxygen atoms in total. The first kappa shape index (κ1) is 15.3. The van der Waals surface area contributed by atoms with Crippen LogP contribution in [0.5, 0.6) is 5.75 Å². The molecule has 0 radical (unpaired) electrons. The lowest BCUT2D eigenvalue weighted by Gasteiger charge is -2.23. The van der Waals surface area contributed by atoms with Gasteiger partial charge in [0, 0.05) is 19.3 Å². The average molecular weight is 293 g/mol. The Morgan fingerprint density at radius 1 is 1.38 bits per heavy atom. The summed E-state index contributed by atoms with van der Waals surface area (Å²) >= 11 is 0. The molecule has 0 atom stereocenters. The monoisotopic (exact) mass is 293 g/mol. The number of carboxylic acids is 1. The van der Waals surface area contributed by atoms with Gasteiger partial charge in [-0.15, -0.1) is 0 Å². The van der Waals surface area contributed by atoms with Crippen molar-refractivity contribution in [2.45, 2.75) is 25.8 Å². The predicted molar refractivity (Wildman–Crippen MR) is 75.6 cm³/mol. The lowest BCUT2D eigenvalue weighted by atomic mass is 10.1. The van der Waals surface area contributed by atoms with Crippen molar-refractivity contribution < 1.29 is 24.2 Å². The molecule has 114 valence electrons. The Morgan fingerprint density at radius 2 is 2.10 bits per heavy atom. The number of aryl methyl sites for hydroxylation is 1. The molecule has 1 fully saturated rings. The van der Waals surface area contributed by atoms with Crippen LogP contribution in [-0.4, -0.2) is 42.8 Å². The summed E-state index contributed by atoms with van der Waals surface area (Å²) in [7, 11) is 0. The fourth-order valence-corrected chi connectivity index (χ4v) is 2.20. The molecular formula is C15H19NO5. The Kier molecular flexibility index (Phi) is 5.16. The van der Waals surface area contributed by atoms with Gasteiger partial charge in [0.15, 0.2) is 6.61 Å². The minimum atomic E-state index is -0.984. The molecule has 0 saturated carbocycles. The summed E-state index contributed by atoms with van der Waals surface area (Å²) in [6, 6.07) is 4.70. The predicted octanol–water partition coefficient (Wildman–Crippen LogP) is 1.37. The molecule has 0 bridgehead atoms. The van der Waals surface area contributed by atoms with Crippen LogP contribution in [0.1, 0.15) is 28.8 Å². The zero-order valence-electron chi connectivity index (χ0n) is 11.9. The van der Waals surface area contributed by atoms with E-state index in [0.29, 0.717) is 24.5 Å². The molecule has 0 aromatic heterocycles. The number of carbonyl (C=O) groups excluding carboxylic acids is 1. The highest BCUT2D eigenvalue weighted by molar-refractivity contribution is 5.88. The molecular weight excluding hydrogens is 274 g/mol. The first-order chi connectivity index (χ1) is 10.1. The van der Waals surface area contributed by atoms with Gasteiger partial charge in [0.25, 0.3) is 5.91 Å². The highest BCUT2D eigenvalue weighted by Crippen LogP contribution is 2.19. The highest BCUT2D eigenvalue weighted by Gasteiger charge is 2.16. The topological polar surface area (TPSA) is 84.9 Å². The first-order valence-corrected chi connectivity index (χ1v) is 6.90. The van der Waals surface area contributed by atoms with E-state index in [0.717, 1.165) is 12.8 Å². The van der Waals surface area contributed by atoms with Gasteiger partial charge in [0.05, 0.1) is 5.56 Å². The fraction of sp³-hybridized carbons (Fsp3) is 0.467. The van der Waals surface area contributed by atoms with Gasteiger partial charge in [-0.25, -0.2) is 4.79 Å². The summed E-state index contributed by atoms with van der Waals surface area (Å²) in [5.74, 6) is -0.646. The van der Waals surface area contributed by atoms with Crippen LogP contribution in [0.4, 0.5) is 0 Å². The van der Waals surface area contributed by atoms with E-state index in [9.17, 15) is 9.59 Å². The molecule has 1 amide bonds. The number of amides is 1. The lowest BCUT2D eigenvalue weighted by molar-refractivity contribution is -0.124. The molecule has 1 aromatic carbocycles. The van der Waals surface area contributed by atoms with Crippen molar-refractivity contribution >= 4 is 11.9 Å². The zero-order valence-corrected chi connectivity index (χ0v) is 11.9. The first-order valence-electron chi connectivity index (χ1n) is 6.90. The van der Waals surface area contributed by atoms with Crippen LogP contribution < -0.4 is 10.1 Å². The maximum absolute atomic E-state index is 11.8. The Bertz CT molecular complexity index is 523. The maximum atomic E-state index is 11.8. The smallest absolute Gasteiger partial charge is 0.335 e. The van der Waals surface area contributed by atoms with E-state index < -0.39 is 5.97 Å². The molecule has 1 aliphatic heterocycles. The number of ether oxygens (including phenoxy) is 2. The van der Waals surface area contributed by atoms with Crippen LogP contribution in [0.25, 0.3) is 0 Å². The number of hydrogen-bond acceptors (Lipinski definition) is 4. The van der Waals surface area contributed by atoms with E-state index in [1.807, 2.05) is 0 Å². The van der Waals surface area contributed by atoms with Crippen molar-refractivity contribution in [3.63, 3.8) is 0 Å². The van der Waals surface area contributed by atoms with Crippen LogP contribution in [0.15, 0.2) is 18.2 Å². The summed E-state index contributed by atoms with van der Waals surface area (Å²) in [5.41, 5.74) is 0.889. The standard InChI is InChI=1S/C15H19NO5/c1-10-8-11(15(18)19)2-3-13(10)21-9-14(17)16-12-4-6-20-7-5-12/h2-3,8,12H,4-7,9H2,1H3,(H,16,17)(H,18,19). The summed E-state index contributed by atoms with van der Waals surface area (Å²) in [5, 5.41) is 11.8. The number of carboxylic acid groups (broad SMARTS) is 1. The third kappa shape index (κ3) is 4.46. The van der Waals surface area contributed by atoms with Crippen molar-refractivity contribution in [2.75, 3.05) is 19.8 Å². The molecule has 0 aliphatic carbocycles. The van der Waals surface area contributed by atoms with E-state index in [4.69, 9.17) is 14.6 Å². The van der Waals surface area contributed by atoms with E-state index in [1.165, 1.54) is 12.1 Å². The van der Waals surface area contributed by atoms with Gasteiger partial charge < -0.3 is 19.9 Å². The highest BCUT2D eigenvalue weighted by atomic mass is 16.5. The Morgan fingerprint density at radius 3 is 2.71 bits per heavy atom. The van der Waals surface area contributed by atoms with E-state index in [1.54, 1.807) is 13.0 Å². The number of aromatic carboxylic acids is 1. The van der Waals surface area contributed by atoms with E-state index in [2.05, 4.69) is 5.32 Å². The SMILES string of the molecule is Cc1cc(C(=O)O)ccc1OCC(=O)NC1CCOCC1. The minimum Gasteiger partial charge on any atom is -0.484 e. The molecule has 0 spiro atoms. The number of hydrogen-bond donors (Lipinski definition) is 2. The quantitative estimate of drug-likeness (QED) is 0.856. The van der Waals surface area contributed by atoms with Crippen molar-refractivity contribution in [1.29, 1.82) is 0 Å². The minimum absolute atomic E-state index is 0.0788. The summed E-state index contributed by atoms with van der Waals surface area (Å²) in [6.45, 7) is 3.01. The molecule has 1 aliphatic rings. The van der Waals surface area contributed by atoms with Crippen LogP contribution >= 0.6 is 0 Å². The lowest BCUT2D eigenvalue weighted by Crippen LogP contribution is -2.41.